The number of anilines is 1. The van der Waals surface area contributed by atoms with Gasteiger partial charge in [-0.15, -0.1) is 0 Å². The molecule has 0 aliphatic rings. The Hall–Kier alpha value is -1.57. The molecule has 0 heterocycles. The average molecular weight is 161 g/mol. The number of nitrogens with two attached hydrogens (primary N) is 1. The molecule has 2 nitrogen and oxygen atoms in total. The zero-order valence-electron chi connectivity index (χ0n) is 6.95. The molecule has 0 aromatic heterocycles. The third kappa shape index (κ3) is 2.58. The molecule has 0 unspecified atom stereocenters. The van der Waals surface area contributed by atoms with E-state index < -0.39 is 0 Å². The molecule has 2 N–H and O–H groups in total. The normalized spacial score (nSPS) is 10.4. The van der Waals surface area contributed by atoms with E-state index in [2.05, 4.69) is 0 Å². The Kier molecular flexibility index (Phi) is 2.64. The van der Waals surface area contributed by atoms with E-state index in [4.69, 9.17) is 5.73 Å². The highest BCUT2D eigenvalue weighted by molar-refractivity contribution is 5.91. The number of nitrogen functional groups attached to an aromatic ring is 1. The Morgan fingerprint density at radius 2 is 1.92 bits per heavy atom. The predicted molar refractivity (Wildman–Crippen MR) is 50.6 cm³/mol. The first kappa shape index (κ1) is 8.53. The van der Waals surface area contributed by atoms with Gasteiger partial charge in [-0.05, 0) is 30.7 Å². The molecule has 0 amide bonds. The summed E-state index contributed by atoms with van der Waals surface area (Å²) >= 11 is 0. The number of rotatable bonds is 2. The zero-order valence-corrected chi connectivity index (χ0v) is 6.95. The highest BCUT2D eigenvalue weighted by Crippen LogP contribution is 2.06. The van der Waals surface area contributed by atoms with Crippen molar-refractivity contribution in [3.8, 4) is 0 Å². The SMILES string of the molecule is CC(=O)/C=C/c1ccc(N)cc1. The van der Waals surface area contributed by atoms with Crippen molar-refractivity contribution < 1.29 is 4.79 Å². The van der Waals surface area contributed by atoms with Gasteiger partial charge in [0.15, 0.2) is 5.78 Å². The van der Waals surface area contributed by atoms with E-state index in [1.165, 1.54) is 13.0 Å². The first-order chi connectivity index (χ1) is 5.68. The van der Waals surface area contributed by atoms with Crippen LogP contribution in [-0.2, 0) is 4.79 Å². The summed E-state index contributed by atoms with van der Waals surface area (Å²) in [6.07, 6.45) is 3.30. The third-order valence-electron chi connectivity index (χ3n) is 1.45. The molecule has 0 spiro atoms. The molecular formula is C10H11NO. The van der Waals surface area contributed by atoms with Crippen LogP contribution in [0.15, 0.2) is 30.3 Å². The van der Waals surface area contributed by atoms with Gasteiger partial charge in [0, 0.05) is 5.69 Å². The standard InChI is InChI=1S/C10H11NO/c1-8(12)2-3-9-4-6-10(11)7-5-9/h2-7H,11H2,1H3/b3-2+. The van der Waals surface area contributed by atoms with E-state index in [1.807, 2.05) is 12.1 Å². The maximum absolute atomic E-state index is 10.6. The van der Waals surface area contributed by atoms with Crippen LogP contribution in [0, 0.1) is 0 Å². The maximum atomic E-state index is 10.6. The maximum Gasteiger partial charge on any atom is 0.152 e. The van der Waals surface area contributed by atoms with Gasteiger partial charge in [0.2, 0.25) is 0 Å². The number of hydrogen-bond donors (Lipinski definition) is 1. The van der Waals surface area contributed by atoms with Gasteiger partial charge in [-0.3, -0.25) is 4.79 Å². The minimum Gasteiger partial charge on any atom is -0.399 e. The van der Waals surface area contributed by atoms with Gasteiger partial charge in [-0.1, -0.05) is 18.2 Å². The van der Waals surface area contributed by atoms with Crippen LogP contribution in [0.4, 0.5) is 5.69 Å². The summed E-state index contributed by atoms with van der Waals surface area (Å²) in [6, 6.07) is 7.35. The van der Waals surface area contributed by atoms with E-state index in [0.29, 0.717) is 0 Å². The Labute approximate surface area is 71.7 Å². The van der Waals surface area contributed by atoms with Crippen LogP contribution in [0.3, 0.4) is 0 Å². The number of benzene rings is 1. The molecule has 0 saturated carbocycles. The van der Waals surface area contributed by atoms with Crippen molar-refractivity contribution in [1.82, 2.24) is 0 Å². The summed E-state index contributed by atoms with van der Waals surface area (Å²) in [6.45, 7) is 1.52. The lowest BCUT2D eigenvalue weighted by Crippen LogP contribution is -1.83. The molecule has 1 aromatic rings. The summed E-state index contributed by atoms with van der Waals surface area (Å²) < 4.78 is 0. The van der Waals surface area contributed by atoms with Crippen LogP contribution in [0.1, 0.15) is 12.5 Å². The Balaban J connectivity index is 2.77. The fourth-order valence-electron chi connectivity index (χ4n) is 0.821. The second kappa shape index (κ2) is 3.72. The van der Waals surface area contributed by atoms with Crippen molar-refractivity contribution in [2.24, 2.45) is 0 Å². The van der Waals surface area contributed by atoms with E-state index in [-0.39, 0.29) is 5.78 Å². The predicted octanol–water partition coefficient (Wildman–Crippen LogP) is 1.87. The second-order valence-corrected chi connectivity index (χ2v) is 2.61. The van der Waals surface area contributed by atoms with Gasteiger partial charge in [-0.25, -0.2) is 0 Å². The van der Waals surface area contributed by atoms with Crippen molar-refractivity contribution in [1.29, 1.82) is 0 Å². The van der Waals surface area contributed by atoms with Crippen molar-refractivity contribution in [2.75, 3.05) is 5.73 Å². The fraction of sp³-hybridized carbons (Fsp3) is 0.100. The highest BCUT2D eigenvalue weighted by atomic mass is 16.1. The zero-order chi connectivity index (χ0) is 8.97. The lowest BCUT2D eigenvalue weighted by Gasteiger charge is -1.93. The molecule has 0 saturated heterocycles. The first-order valence-corrected chi connectivity index (χ1v) is 3.72. The Morgan fingerprint density at radius 1 is 1.33 bits per heavy atom. The molecule has 1 aromatic carbocycles. The summed E-state index contributed by atoms with van der Waals surface area (Å²) in [5.74, 6) is 0.0480. The lowest BCUT2D eigenvalue weighted by molar-refractivity contribution is -0.112. The number of carbonyl (C=O) groups excluding carboxylic acids is 1. The van der Waals surface area contributed by atoms with Gasteiger partial charge in [0.25, 0.3) is 0 Å². The quantitative estimate of drug-likeness (QED) is 0.531. The lowest BCUT2D eigenvalue weighted by atomic mass is 10.2. The van der Waals surface area contributed by atoms with E-state index in [9.17, 15) is 4.79 Å². The van der Waals surface area contributed by atoms with Crippen LogP contribution < -0.4 is 5.73 Å². The van der Waals surface area contributed by atoms with Crippen LogP contribution >= 0.6 is 0 Å². The van der Waals surface area contributed by atoms with Gasteiger partial charge in [-0.2, -0.15) is 0 Å². The first-order valence-electron chi connectivity index (χ1n) is 3.72. The summed E-state index contributed by atoms with van der Waals surface area (Å²) in [4.78, 5) is 10.6. The molecule has 0 bridgehead atoms. The van der Waals surface area contributed by atoms with Gasteiger partial charge < -0.3 is 5.73 Å². The monoisotopic (exact) mass is 161 g/mol. The molecular weight excluding hydrogens is 150 g/mol. The minimum absolute atomic E-state index is 0.0480. The number of allylic oxidation sites excluding steroid dienone is 1. The summed E-state index contributed by atoms with van der Waals surface area (Å²) in [5.41, 5.74) is 7.21. The highest BCUT2D eigenvalue weighted by Gasteiger charge is 1.87. The molecule has 0 aliphatic heterocycles. The van der Waals surface area contributed by atoms with E-state index >= 15 is 0 Å². The summed E-state index contributed by atoms with van der Waals surface area (Å²) in [7, 11) is 0. The average Bonchev–Trinajstić information content (AvgIpc) is 2.03. The van der Waals surface area contributed by atoms with Crippen LogP contribution in [0.2, 0.25) is 0 Å². The van der Waals surface area contributed by atoms with Crippen molar-refractivity contribution in [3.63, 3.8) is 0 Å². The van der Waals surface area contributed by atoms with Crippen molar-refractivity contribution in [2.45, 2.75) is 6.92 Å². The Morgan fingerprint density at radius 3 is 2.42 bits per heavy atom. The smallest absolute Gasteiger partial charge is 0.152 e. The van der Waals surface area contributed by atoms with E-state index in [1.54, 1.807) is 18.2 Å². The van der Waals surface area contributed by atoms with Crippen LogP contribution in [0.5, 0.6) is 0 Å². The van der Waals surface area contributed by atoms with Gasteiger partial charge in [0.05, 0.1) is 0 Å². The second-order valence-electron chi connectivity index (χ2n) is 2.61. The van der Waals surface area contributed by atoms with E-state index in [0.717, 1.165) is 11.3 Å². The molecule has 12 heavy (non-hydrogen) atoms. The minimum atomic E-state index is 0.0480. The molecule has 0 aliphatic carbocycles. The number of hydrogen-bond acceptors (Lipinski definition) is 2. The van der Waals surface area contributed by atoms with Gasteiger partial charge in [0.1, 0.15) is 0 Å². The topological polar surface area (TPSA) is 43.1 Å². The summed E-state index contributed by atoms with van der Waals surface area (Å²) in [5, 5.41) is 0. The molecule has 2 heteroatoms. The molecule has 62 valence electrons. The molecule has 0 fully saturated rings. The number of carbonyl (C=O) groups is 1. The fourth-order valence-corrected chi connectivity index (χ4v) is 0.821. The molecule has 0 atom stereocenters. The molecule has 0 radical (unpaired) electrons. The van der Waals surface area contributed by atoms with Crippen molar-refractivity contribution >= 4 is 17.5 Å². The van der Waals surface area contributed by atoms with Crippen LogP contribution in [-0.4, -0.2) is 5.78 Å². The third-order valence-corrected chi connectivity index (χ3v) is 1.45. The largest absolute Gasteiger partial charge is 0.399 e. The van der Waals surface area contributed by atoms with Gasteiger partial charge >= 0.3 is 0 Å². The van der Waals surface area contributed by atoms with Crippen molar-refractivity contribution in [3.05, 3.63) is 35.9 Å². The Bertz CT molecular complexity index is 298. The molecule has 1 rings (SSSR count). The van der Waals surface area contributed by atoms with Crippen LogP contribution in [0.25, 0.3) is 6.08 Å². The number of ketones is 1.